The molecule has 5 aliphatic rings. The first kappa shape index (κ1) is 35.5. The van der Waals surface area contributed by atoms with E-state index >= 15 is 0 Å². The predicted molar refractivity (Wildman–Crippen MR) is 193 cm³/mol. The number of carbonyl (C=O) groups is 2. The van der Waals surface area contributed by atoms with Gasteiger partial charge in [-0.2, -0.15) is 0 Å². The molecule has 2 N–H and O–H groups in total. The summed E-state index contributed by atoms with van der Waals surface area (Å²) in [5, 5.41) is 15.5. The molecule has 3 fully saturated rings. The molecule has 48 heavy (non-hydrogen) atoms. The van der Waals surface area contributed by atoms with Crippen LogP contribution in [0.3, 0.4) is 0 Å². The smallest absolute Gasteiger partial charge is 0.337 e. The number of Topliss-reactive ketones (excluding diaryl/α,β-unsaturated/α-hetero) is 1. The molecule has 0 amide bonds. The van der Waals surface area contributed by atoms with Crippen LogP contribution in [0.5, 0.6) is 0 Å². The lowest BCUT2D eigenvalue weighted by Crippen LogP contribution is -2.61. The fraction of sp³-hybridized carbons (Fsp3) is 0.714. The van der Waals surface area contributed by atoms with Crippen molar-refractivity contribution in [3.05, 3.63) is 52.6 Å². The van der Waals surface area contributed by atoms with E-state index in [1.54, 1.807) is 0 Å². The van der Waals surface area contributed by atoms with Crippen molar-refractivity contribution in [1.82, 2.24) is 10.2 Å². The molecule has 0 aromatic heterocycles. The minimum absolute atomic E-state index is 0.00852. The van der Waals surface area contributed by atoms with Gasteiger partial charge in [0, 0.05) is 31.5 Å². The fourth-order valence-electron chi connectivity index (χ4n) is 12.5. The van der Waals surface area contributed by atoms with Crippen LogP contribution in [0.15, 0.2) is 41.5 Å². The molecule has 264 valence electrons. The summed E-state index contributed by atoms with van der Waals surface area (Å²) in [5.41, 5.74) is 5.64. The van der Waals surface area contributed by atoms with Crippen molar-refractivity contribution >= 4 is 17.3 Å². The number of nitrogens with zero attached hydrogens (tertiary/aromatic N) is 1. The minimum atomic E-state index is -0.543. The Kier molecular flexibility index (Phi) is 9.48. The summed E-state index contributed by atoms with van der Waals surface area (Å²) in [5.74, 6) is 2.30. The summed E-state index contributed by atoms with van der Waals surface area (Å²) in [6, 6.07) is 8.01. The molecule has 3 saturated carbocycles. The Morgan fingerprint density at radius 3 is 2.35 bits per heavy atom. The van der Waals surface area contributed by atoms with Crippen LogP contribution in [0.2, 0.25) is 0 Å². The van der Waals surface area contributed by atoms with Gasteiger partial charge in [0.25, 0.3) is 0 Å². The number of nitrogens with one attached hydrogen (secondary N) is 1. The first-order valence-corrected chi connectivity index (χ1v) is 18.8. The molecule has 0 bridgehead atoms. The zero-order chi connectivity index (χ0) is 34.8. The normalized spacial score (nSPS) is 36.2. The highest BCUT2D eigenvalue weighted by Crippen LogP contribution is 2.73. The largest absolute Gasteiger partial charge is 0.465 e. The molecule has 0 aliphatic heterocycles. The summed E-state index contributed by atoms with van der Waals surface area (Å²) in [4.78, 5) is 28.1. The number of likely N-dealkylation sites (N-methyl/N-ethyl adjacent to an activating group) is 1. The second-order valence-corrected chi connectivity index (χ2v) is 17.9. The van der Waals surface area contributed by atoms with Gasteiger partial charge in [-0.05, 0) is 134 Å². The van der Waals surface area contributed by atoms with Crippen LogP contribution in [0, 0.1) is 51.2 Å². The number of hydrogen-bond donors (Lipinski definition) is 2. The maximum Gasteiger partial charge on any atom is 0.337 e. The summed E-state index contributed by atoms with van der Waals surface area (Å²) >= 11 is 0. The summed E-state index contributed by atoms with van der Waals surface area (Å²) < 4.78 is 4.94. The van der Waals surface area contributed by atoms with Gasteiger partial charge in [0.15, 0.2) is 5.78 Å². The van der Waals surface area contributed by atoms with Crippen LogP contribution >= 0.6 is 0 Å². The van der Waals surface area contributed by atoms with Gasteiger partial charge >= 0.3 is 5.97 Å². The molecular weight excluding hydrogens is 596 g/mol. The average molecular weight is 659 g/mol. The first-order valence-electron chi connectivity index (χ1n) is 18.8. The van der Waals surface area contributed by atoms with Gasteiger partial charge < -0.3 is 20.1 Å². The summed E-state index contributed by atoms with van der Waals surface area (Å²) in [7, 11) is 5.58. The predicted octanol–water partition coefficient (Wildman–Crippen LogP) is 7.57. The number of ketones is 1. The van der Waals surface area contributed by atoms with Crippen molar-refractivity contribution in [3.8, 4) is 0 Å². The van der Waals surface area contributed by atoms with E-state index in [1.165, 1.54) is 43.1 Å². The molecule has 1 aromatic carbocycles. The zero-order valence-corrected chi connectivity index (χ0v) is 31.2. The quantitative estimate of drug-likeness (QED) is 0.211. The molecule has 1 aromatic rings. The highest BCUT2D eigenvalue weighted by Gasteiger charge is 2.66. The number of rotatable bonds is 9. The molecule has 0 saturated heterocycles. The van der Waals surface area contributed by atoms with E-state index in [2.05, 4.69) is 84.1 Å². The van der Waals surface area contributed by atoms with Crippen molar-refractivity contribution in [2.75, 3.05) is 40.8 Å². The number of fused-ring (bicyclic) bond motifs is 7. The molecule has 0 heterocycles. The number of aliphatic hydroxyl groups is 1. The lowest BCUT2D eigenvalue weighted by molar-refractivity contribution is -0.159. The van der Waals surface area contributed by atoms with Gasteiger partial charge in [0.2, 0.25) is 0 Å². The second-order valence-electron chi connectivity index (χ2n) is 17.9. The number of methoxy groups -OCH3 is 1. The molecule has 0 spiro atoms. The van der Waals surface area contributed by atoms with Gasteiger partial charge in [0.1, 0.15) is 0 Å². The van der Waals surface area contributed by atoms with E-state index < -0.39 is 11.5 Å². The number of benzene rings is 1. The summed E-state index contributed by atoms with van der Waals surface area (Å²) in [6.07, 6.45) is 10.3. The van der Waals surface area contributed by atoms with Crippen LogP contribution < -0.4 is 5.32 Å². The third kappa shape index (κ3) is 5.48. The topological polar surface area (TPSA) is 78.9 Å². The number of hydrogen-bond acceptors (Lipinski definition) is 6. The highest BCUT2D eigenvalue weighted by molar-refractivity contribution is 6.00. The van der Waals surface area contributed by atoms with Crippen molar-refractivity contribution in [2.24, 2.45) is 51.2 Å². The molecule has 6 heteroatoms. The van der Waals surface area contributed by atoms with E-state index in [9.17, 15) is 14.7 Å². The Morgan fingerprint density at radius 1 is 1.00 bits per heavy atom. The van der Waals surface area contributed by atoms with E-state index in [1.807, 2.05) is 12.1 Å². The molecular formula is C42H62N2O4. The number of aliphatic hydroxyl groups excluding tert-OH is 1. The highest BCUT2D eigenvalue weighted by atomic mass is 16.5. The fourth-order valence-corrected chi connectivity index (χ4v) is 12.5. The third-order valence-corrected chi connectivity index (χ3v) is 14.6. The van der Waals surface area contributed by atoms with Gasteiger partial charge in [-0.1, -0.05) is 65.3 Å². The van der Waals surface area contributed by atoms with Crippen molar-refractivity contribution in [2.45, 2.75) is 99.0 Å². The lowest BCUT2D eigenvalue weighted by atomic mass is 9.37. The number of carbonyl (C=O) groups excluding carboxylic acids is 2. The maximum absolute atomic E-state index is 13.8. The SMILES string of the molecule is COC(=O)c1ccc(C2=CCC3(C)C(CCC4(C)C5CCC6(C(O)CNCCN(C)C)CC(=O)C(C(C)C)=C6C5CCC43)C2(C)C)cc1. The first-order chi connectivity index (χ1) is 22.6. The lowest BCUT2D eigenvalue weighted by Gasteiger charge is -2.68. The van der Waals surface area contributed by atoms with E-state index in [0.717, 1.165) is 44.3 Å². The van der Waals surface area contributed by atoms with Crippen molar-refractivity contribution in [3.63, 3.8) is 0 Å². The Labute approximate surface area is 290 Å². The molecule has 5 aliphatic carbocycles. The number of allylic oxidation sites excluding steroid dienone is 3. The van der Waals surface area contributed by atoms with Crippen LogP contribution in [0.4, 0.5) is 0 Å². The Hall–Kier alpha value is -2.28. The van der Waals surface area contributed by atoms with Crippen molar-refractivity contribution < 1.29 is 19.4 Å². The van der Waals surface area contributed by atoms with Crippen LogP contribution in [-0.4, -0.2) is 68.7 Å². The van der Waals surface area contributed by atoms with Gasteiger partial charge in [-0.15, -0.1) is 0 Å². The van der Waals surface area contributed by atoms with Crippen LogP contribution in [-0.2, 0) is 9.53 Å². The average Bonchev–Trinajstić information content (AvgIpc) is 3.36. The van der Waals surface area contributed by atoms with Crippen LogP contribution in [0.1, 0.15) is 109 Å². The van der Waals surface area contributed by atoms with E-state index in [4.69, 9.17) is 4.74 Å². The van der Waals surface area contributed by atoms with Crippen LogP contribution in [0.25, 0.3) is 5.57 Å². The number of ether oxygens (including phenoxy) is 1. The third-order valence-electron chi connectivity index (χ3n) is 14.6. The standard InChI is InChI=1S/C42H62N2O4/c1-26(2)36-32(45)24-42(35(46)25-43-22-23-44(7)8)21-17-31-29(37(36)42)14-15-34-40(31,5)20-18-33-39(3,4)30(16-19-41(33,34)6)27-10-12-28(13-11-27)38(47)48-9/h10-13,16,26,29,31,33-35,43,46H,14-15,17-25H2,1-9H3. The van der Waals surface area contributed by atoms with E-state index in [-0.39, 0.29) is 28.1 Å². The molecule has 6 nitrogen and oxygen atoms in total. The Morgan fingerprint density at radius 2 is 1.71 bits per heavy atom. The Balaban J connectivity index is 1.30. The second kappa shape index (κ2) is 12.8. The zero-order valence-electron chi connectivity index (χ0n) is 31.2. The molecule has 8 unspecified atom stereocenters. The molecule has 8 atom stereocenters. The number of esters is 1. The maximum atomic E-state index is 13.8. The summed E-state index contributed by atoms with van der Waals surface area (Å²) in [6.45, 7) is 16.8. The molecule has 0 radical (unpaired) electrons. The van der Waals surface area contributed by atoms with Gasteiger partial charge in [-0.25, -0.2) is 4.79 Å². The van der Waals surface area contributed by atoms with Gasteiger partial charge in [-0.3, -0.25) is 4.79 Å². The molecule has 6 rings (SSSR count). The van der Waals surface area contributed by atoms with Crippen molar-refractivity contribution in [1.29, 1.82) is 0 Å². The minimum Gasteiger partial charge on any atom is -0.465 e. The Bertz CT molecular complexity index is 1470. The monoisotopic (exact) mass is 658 g/mol. The van der Waals surface area contributed by atoms with Gasteiger partial charge in [0.05, 0.1) is 18.8 Å². The van der Waals surface area contributed by atoms with E-state index in [0.29, 0.717) is 48.0 Å².